The lowest BCUT2D eigenvalue weighted by Crippen LogP contribution is -2.29. The van der Waals surface area contributed by atoms with Crippen molar-refractivity contribution < 1.29 is 0 Å². The fourth-order valence-electron chi connectivity index (χ4n) is 1.96. The van der Waals surface area contributed by atoms with E-state index in [4.69, 9.17) is 0 Å². The van der Waals surface area contributed by atoms with Gasteiger partial charge in [-0.05, 0) is 19.8 Å². The molecule has 1 aromatic rings. The highest BCUT2D eigenvalue weighted by molar-refractivity contribution is 4.85. The van der Waals surface area contributed by atoms with E-state index in [-0.39, 0.29) is 0 Å². The fourth-order valence-corrected chi connectivity index (χ4v) is 1.96. The van der Waals surface area contributed by atoms with Crippen LogP contribution in [0.15, 0.2) is 6.33 Å². The lowest BCUT2D eigenvalue weighted by atomic mass is 10.1. The minimum Gasteiger partial charge on any atom is -0.317 e. The van der Waals surface area contributed by atoms with Crippen molar-refractivity contribution in [2.45, 2.75) is 65.6 Å². The SMILES string of the molecule is CCCC(CCC)NCc1nncn1CC. The van der Waals surface area contributed by atoms with Crippen LogP contribution in [0.3, 0.4) is 0 Å². The van der Waals surface area contributed by atoms with Gasteiger partial charge in [0.05, 0.1) is 6.54 Å². The van der Waals surface area contributed by atoms with Gasteiger partial charge in [-0.15, -0.1) is 10.2 Å². The van der Waals surface area contributed by atoms with Crippen LogP contribution in [0.2, 0.25) is 0 Å². The number of rotatable bonds is 8. The summed E-state index contributed by atoms with van der Waals surface area (Å²) in [6.45, 7) is 8.36. The topological polar surface area (TPSA) is 42.7 Å². The van der Waals surface area contributed by atoms with Crippen LogP contribution in [0.4, 0.5) is 0 Å². The molecule has 4 heteroatoms. The van der Waals surface area contributed by atoms with E-state index in [9.17, 15) is 0 Å². The van der Waals surface area contributed by atoms with Crippen LogP contribution in [0.1, 0.15) is 52.3 Å². The average Bonchev–Trinajstić information content (AvgIpc) is 2.74. The first-order chi connectivity index (χ1) is 7.81. The second-order valence-electron chi connectivity index (χ2n) is 4.19. The zero-order valence-corrected chi connectivity index (χ0v) is 10.7. The molecule has 0 saturated carbocycles. The summed E-state index contributed by atoms with van der Waals surface area (Å²) in [6.07, 6.45) is 6.75. The Labute approximate surface area is 98.5 Å². The number of aromatic nitrogens is 3. The molecule has 1 heterocycles. The summed E-state index contributed by atoms with van der Waals surface area (Å²) >= 11 is 0. The number of aryl methyl sites for hydroxylation is 1. The highest BCUT2D eigenvalue weighted by Gasteiger charge is 2.08. The van der Waals surface area contributed by atoms with Crippen molar-refractivity contribution in [1.29, 1.82) is 0 Å². The summed E-state index contributed by atoms with van der Waals surface area (Å²) < 4.78 is 2.09. The molecule has 92 valence electrons. The molecule has 0 aromatic carbocycles. The van der Waals surface area contributed by atoms with Crippen molar-refractivity contribution in [3.05, 3.63) is 12.2 Å². The van der Waals surface area contributed by atoms with Crippen LogP contribution >= 0.6 is 0 Å². The predicted molar refractivity (Wildman–Crippen MR) is 66.1 cm³/mol. The van der Waals surface area contributed by atoms with Crippen molar-refractivity contribution in [1.82, 2.24) is 20.1 Å². The lowest BCUT2D eigenvalue weighted by molar-refractivity contribution is 0.432. The molecule has 0 saturated heterocycles. The van der Waals surface area contributed by atoms with Crippen LogP contribution in [0.5, 0.6) is 0 Å². The van der Waals surface area contributed by atoms with Crippen LogP contribution in [-0.2, 0) is 13.1 Å². The Morgan fingerprint density at radius 2 is 1.94 bits per heavy atom. The molecule has 1 N–H and O–H groups in total. The molecule has 0 bridgehead atoms. The molecule has 16 heavy (non-hydrogen) atoms. The van der Waals surface area contributed by atoms with Gasteiger partial charge in [-0.25, -0.2) is 0 Å². The fraction of sp³-hybridized carbons (Fsp3) is 0.833. The van der Waals surface area contributed by atoms with E-state index in [2.05, 4.69) is 40.9 Å². The Hall–Kier alpha value is -0.900. The Morgan fingerprint density at radius 1 is 1.25 bits per heavy atom. The van der Waals surface area contributed by atoms with Gasteiger partial charge in [0.25, 0.3) is 0 Å². The van der Waals surface area contributed by atoms with Gasteiger partial charge in [0.2, 0.25) is 0 Å². The maximum atomic E-state index is 4.13. The first-order valence-corrected chi connectivity index (χ1v) is 6.41. The number of hydrogen-bond acceptors (Lipinski definition) is 3. The van der Waals surface area contributed by atoms with Crippen molar-refractivity contribution in [3.8, 4) is 0 Å². The monoisotopic (exact) mass is 224 g/mol. The zero-order valence-electron chi connectivity index (χ0n) is 10.7. The summed E-state index contributed by atoms with van der Waals surface area (Å²) in [5.74, 6) is 1.04. The standard InChI is InChI=1S/C12H24N4/c1-4-7-11(8-5-2)13-9-12-15-14-10-16(12)6-3/h10-11,13H,4-9H2,1-3H3. The van der Waals surface area contributed by atoms with Crippen LogP contribution in [0.25, 0.3) is 0 Å². The van der Waals surface area contributed by atoms with Gasteiger partial charge >= 0.3 is 0 Å². The molecule has 0 spiro atoms. The maximum absolute atomic E-state index is 4.13. The maximum Gasteiger partial charge on any atom is 0.146 e. The summed E-state index contributed by atoms with van der Waals surface area (Å²) in [4.78, 5) is 0. The van der Waals surface area contributed by atoms with Gasteiger partial charge < -0.3 is 9.88 Å². The van der Waals surface area contributed by atoms with Gasteiger partial charge in [0, 0.05) is 12.6 Å². The molecular formula is C12H24N4. The highest BCUT2D eigenvalue weighted by Crippen LogP contribution is 2.05. The Kier molecular flexibility index (Phi) is 6.08. The molecule has 0 radical (unpaired) electrons. The van der Waals surface area contributed by atoms with Crippen molar-refractivity contribution in [3.63, 3.8) is 0 Å². The third kappa shape index (κ3) is 3.93. The first-order valence-electron chi connectivity index (χ1n) is 6.41. The lowest BCUT2D eigenvalue weighted by Gasteiger charge is -2.17. The molecule has 0 unspecified atom stereocenters. The summed E-state index contributed by atoms with van der Waals surface area (Å²) in [6, 6.07) is 0.622. The molecule has 1 rings (SSSR count). The Bertz CT molecular complexity index is 276. The van der Waals surface area contributed by atoms with E-state index in [0.717, 1.165) is 18.9 Å². The van der Waals surface area contributed by atoms with Gasteiger partial charge in [-0.2, -0.15) is 0 Å². The van der Waals surface area contributed by atoms with Gasteiger partial charge in [-0.1, -0.05) is 26.7 Å². The van der Waals surface area contributed by atoms with Crippen LogP contribution in [-0.4, -0.2) is 20.8 Å². The molecule has 0 amide bonds. The summed E-state index contributed by atoms with van der Waals surface area (Å²) in [5, 5.41) is 11.6. The van der Waals surface area contributed by atoms with Gasteiger partial charge in [0.15, 0.2) is 0 Å². The smallest absolute Gasteiger partial charge is 0.146 e. The zero-order chi connectivity index (χ0) is 11.8. The molecule has 1 aromatic heterocycles. The van der Waals surface area contributed by atoms with Gasteiger partial charge in [0.1, 0.15) is 12.2 Å². The molecular weight excluding hydrogens is 200 g/mol. The minimum atomic E-state index is 0.622. The Balaban J connectivity index is 2.41. The van der Waals surface area contributed by atoms with Crippen molar-refractivity contribution in [2.24, 2.45) is 0 Å². The van der Waals surface area contributed by atoms with Crippen molar-refractivity contribution >= 4 is 0 Å². The Morgan fingerprint density at radius 3 is 2.50 bits per heavy atom. The van der Waals surface area contributed by atoms with E-state index in [0.29, 0.717) is 6.04 Å². The number of nitrogens with zero attached hydrogens (tertiary/aromatic N) is 3. The molecule has 0 aliphatic carbocycles. The van der Waals surface area contributed by atoms with Crippen LogP contribution in [0, 0.1) is 0 Å². The third-order valence-electron chi connectivity index (χ3n) is 2.86. The first kappa shape index (κ1) is 13.2. The molecule has 0 aliphatic heterocycles. The van der Waals surface area contributed by atoms with E-state index < -0.39 is 0 Å². The summed E-state index contributed by atoms with van der Waals surface area (Å²) in [5.41, 5.74) is 0. The van der Waals surface area contributed by atoms with E-state index in [1.807, 2.05) is 0 Å². The number of nitrogens with one attached hydrogen (secondary N) is 1. The third-order valence-corrected chi connectivity index (χ3v) is 2.86. The van der Waals surface area contributed by atoms with E-state index >= 15 is 0 Å². The summed E-state index contributed by atoms with van der Waals surface area (Å²) in [7, 11) is 0. The molecule has 0 fully saturated rings. The molecule has 4 nitrogen and oxygen atoms in total. The minimum absolute atomic E-state index is 0.622. The quantitative estimate of drug-likeness (QED) is 0.737. The van der Waals surface area contributed by atoms with Crippen molar-refractivity contribution in [2.75, 3.05) is 0 Å². The van der Waals surface area contributed by atoms with Gasteiger partial charge in [-0.3, -0.25) is 0 Å². The molecule has 0 aliphatic rings. The van der Waals surface area contributed by atoms with Crippen LogP contribution < -0.4 is 5.32 Å². The predicted octanol–water partition coefficient (Wildman–Crippen LogP) is 2.36. The average molecular weight is 224 g/mol. The van der Waals surface area contributed by atoms with E-state index in [1.165, 1.54) is 25.7 Å². The van der Waals surface area contributed by atoms with E-state index in [1.54, 1.807) is 6.33 Å². The second kappa shape index (κ2) is 7.39. The largest absolute Gasteiger partial charge is 0.317 e. The second-order valence-corrected chi connectivity index (χ2v) is 4.19. The highest BCUT2D eigenvalue weighted by atomic mass is 15.3. The molecule has 0 atom stereocenters. The number of hydrogen-bond donors (Lipinski definition) is 1. The normalized spacial score (nSPS) is 11.2.